The fourth-order valence-corrected chi connectivity index (χ4v) is 2.66. The van der Waals surface area contributed by atoms with Crippen LogP contribution < -0.4 is 20.1 Å². The molecule has 0 aliphatic rings. The summed E-state index contributed by atoms with van der Waals surface area (Å²) in [7, 11) is 3.10. The molecule has 0 bridgehead atoms. The summed E-state index contributed by atoms with van der Waals surface area (Å²) in [5.74, 6) is 1.17. The number of anilines is 2. The Morgan fingerprint density at radius 2 is 1.93 bits per heavy atom. The Kier molecular flexibility index (Phi) is 6.06. The van der Waals surface area contributed by atoms with Gasteiger partial charge in [-0.05, 0) is 30.7 Å². The van der Waals surface area contributed by atoms with Crippen molar-refractivity contribution in [3.63, 3.8) is 0 Å². The van der Waals surface area contributed by atoms with Crippen LogP contribution in [0.5, 0.6) is 11.5 Å². The second kappa shape index (κ2) is 8.85. The zero-order valence-corrected chi connectivity index (χ0v) is 16.0. The Balaban J connectivity index is 1.70. The highest BCUT2D eigenvalue weighted by molar-refractivity contribution is 6.03. The molecule has 0 unspecified atom stereocenters. The molecule has 144 valence electrons. The number of methoxy groups -OCH3 is 2. The molecule has 2 N–H and O–H groups in total. The number of hydrogen-bond acceptors (Lipinski definition) is 6. The summed E-state index contributed by atoms with van der Waals surface area (Å²) in [5, 5.41) is 5.94. The molecule has 3 aromatic rings. The largest absolute Gasteiger partial charge is 0.497 e. The van der Waals surface area contributed by atoms with Gasteiger partial charge < -0.3 is 20.1 Å². The lowest BCUT2D eigenvalue weighted by molar-refractivity contribution is 0.102. The molecular formula is C21H22N4O3. The molecular weight excluding hydrogens is 356 g/mol. The van der Waals surface area contributed by atoms with Crippen LogP contribution in [0.15, 0.2) is 54.7 Å². The van der Waals surface area contributed by atoms with Gasteiger partial charge >= 0.3 is 0 Å². The van der Waals surface area contributed by atoms with Crippen LogP contribution in [0.25, 0.3) is 0 Å². The third kappa shape index (κ3) is 4.76. The van der Waals surface area contributed by atoms with E-state index in [0.29, 0.717) is 29.7 Å². The van der Waals surface area contributed by atoms with E-state index < -0.39 is 0 Å². The smallest absolute Gasteiger partial charge is 0.274 e. The molecule has 7 heteroatoms. The maximum atomic E-state index is 12.6. The van der Waals surface area contributed by atoms with Crippen LogP contribution in [0.3, 0.4) is 0 Å². The molecule has 0 saturated carbocycles. The molecule has 28 heavy (non-hydrogen) atoms. The zero-order chi connectivity index (χ0) is 19.9. The number of aryl methyl sites for hydroxylation is 1. The minimum absolute atomic E-state index is 0.250. The topological polar surface area (TPSA) is 85.4 Å². The SMILES string of the molecule is COc1ccc(NC(=O)c2ccnc(NCc3cccc(C)c3)n2)c(OC)c1. The number of rotatable bonds is 7. The van der Waals surface area contributed by atoms with Crippen LogP contribution in [-0.4, -0.2) is 30.1 Å². The monoisotopic (exact) mass is 378 g/mol. The highest BCUT2D eigenvalue weighted by atomic mass is 16.5. The van der Waals surface area contributed by atoms with Gasteiger partial charge in [-0.25, -0.2) is 9.97 Å². The average Bonchev–Trinajstić information content (AvgIpc) is 2.72. The second-order valence-corrected chi connectivity index (χ2v) is 6.13. The maximum Gasteiger partial charge on any atom is 0.274 e. The second-order valence-electron chi connectivity index (χ2n) is 6.13. The molecule has 0 spiro atoms. The number of nitrogens with one attached hydrogen (secondary N) is 2. The van der Waals surface area contributed by atoms with E-state index in [4.69, 9.17) is 9.47 Å². The summed E-state index contributed by atoms with van der Waals surface area (Å²) < 4.78 is 10.5. The van der Waals surface area contributed by atoms with E-state index in [0.717, 1.165) is 5.56 Å². The number of hydrogen-bond donors (Lipinski definition) is 2. The van der Waals surface area contributed by atoms with Crippen LogP contribution in [0.4, 0.5) is 11.6 Å². The molecule has 7 nitrogen and oxygen atoms in total. The summed E-state index contributed by atoms with van der Waals surface area (Å²) in [6, 6.07) is 14.9. The Hall–Kier alpha value is -3.61. The van der Waals surface area contributed by atoms with Crippen molar-refractivity contribution in [3.8, 4) is 11.5 Å². The van der Waals surface area contributed by atoms with Crippen molar-refractivity contribution in [1.29, 1.82) is 0 Å². The van der Waals surface area contributed by atoms with Crippen molar-refractivity contribution < 1.29 is 14.3 Å². The molecule has 0 saturated heterocycles. The van der Waals surface area contributed by atoms with Crippen molar-refractivity contribution in [1.82, 2.24) is 9.97 Å². The van der Waals surface area contributed by atoms with Crippen LogP contribution in [0.1, 0.15) is 21.6 Å². The van der Waals surface area contributed by atoms with E-state index >= 15 is 0 Å². The van der Waals surface area contributed by atoms with E-state index in [-0.39, 0.29) is 11.6 Å². The number of aromatic nitrogens is 2. The van der Waals surface area contributed by atoms with Crippen molar-refractivity contribution in [2.45, 2.75) is 13.5 Å². The standard InChI is InChI=1S/C21H22N4O3/c1-14-5-4-6-15(11-14)13-23-21-22-10-9-18(25-21)20(26)24-17-8-7-16(27-2)12-19(17)28-3/h4-12H,13H2,1-3H3,(H,24,26)(H,22,23,25). The Bertz CT molecular complexity index is 975. The predicted molar refractivity (Wildman–Crippen MR) is 108 cm³/mol. The third-order valence-electron chi connectivity index (χ3n) is 4.08. The molecule has 0 atom stereocenters. The van der Waals surface area contributed by atoms with E-state index in [2.05, 4.69) is 26.7 Å². The number of benzene rings is 2. The maximum absolute atomic E-state index is 12.6. The summed E-state index contributed by atoms with van der Waals surface area (Å²) in [4.78, 5) is 21.1. The predicted octanol–water partition coefficient (Wildman–Crippen LogP) is 3.67. The van der Waals surface area contributed by atoms with Gasteiger partial charge in [-0.3, -0.25) is 4.79 Å². The Morgan fingerprint density at radius 1 is 1.07 bits per heavy atom. The number of nitrogens with zero attached hydrogens (tertiary/aromatic N) is 2. The van der Waals surface area contributed by atoms with E-state index in [9.17, 15) is 4.79 Å². The quantitative estimate of drug-likeness (QED) is 0.653. The lowest BCUT2D eigenvalue weighted by atomic mass is 10.1. The fourth-order valence-electron chi connectivity index (χ4n) is 2.66. The summed E-state index contributed by atoms with van der Waals surface area (Å²) in [5.41, 5.74) is 3.07. The lowest BCUT2D eigenvalue weighted by Crippen LogP contribution is -2.16. The lowest BCUT2D eigenvalue weighted by Gasteiger charge is -2.12. The molecule has 3 rings (SSSR count). The third-order valence-corrected chi connectivity index (χ3v) is 4.08. The van der Waals surface area contributed by atoms with Gasteiger partial charge in [0.1, 0.15) is 17.2 Å². The summed E-state index contributed by atoms with van der Waals surface area (Å²) in [6.07, 6.45) is 1.55. The molecule has 1 heterocycles. The minimum atomic E-state index is -0.357. The molecule has 1 amide bonds. The van der Waals surface area contributed by atoms with E-state index in [1.807, 2.05) is 25.1 Å². The van der Waals surface area contributed by atoms with Crippen molar-refractivity contribution in [2.75, 3.05) is 24.9 Å². The first-order chi connectivity index (χ1) is 13.6. The van der Waals surface area contributed by atoms with Gasteiger partial charge in [0.05, 0.1) is 19.9 Å². The fraction of sp³-hybridized carbons (Fsp3) is 0.190. The van der Waals surface area contributed by atoms with Gasteiger partial charge in [0.15, 0.2) is 0 Å². The van der Waals surface area contributed by atoms with Crippen molar-refractivity contribution in [2.24, 2.45) is 0 Å². The van der Waals surface area contributed by atoms with Crippen LogP contribution in [-0.2, 0) is 6.54 Å². The van der Waals surface area contributed by atoms with Gasteiger partial charge in [0.2, 0.25) is 5.95 Å². The normalized spacial score (nSPS) is 10.2. The van der Waals surface area contributed by atoms with E-state index in [1.54, 1.807) is 37.6 Å². The van der Waals surface area contributed by atoms with Crippen LogP contribution >= 0.6 is 0 Å². The molecule has 2 aromatic carbocycles. The molecule has 0 radical (unpaired) electrons. The zero-order valence-electron chi connectivity index (χ0n) is 16.0. The first-order valence-corrected chi connectivity index (χ1v) is 8.75. The van der Waals surface area contributed by atoms with Crippen molar-refractivity contribution >= 4 is 17.5 Å². The van der Waals surface area contributed by atoms with E-state index in [1.165, 1.54) is 12.7 Å². The first-order valence-electron chi connectivity index (χ1n) is 8.75. The van der Waals surface area contributed by atoms with Crippen LogP contribution in [0, 0.1) is 6.92 Å². The van der Waals surface area contributed by atoms with Gasteiger partial charge in [-0.2, -0.15) is 0 Å². The van der Waals surface area contributed by atoms with Gasteiger partial charge in [-0.1, -0.05) is 29.8 Å². The molecule has 1 aromatic heterocycles. The first kappa shape index (κ1) is 19.2. The molecule has 0 aliphatic heterocycles. The minimum Gasteiger partial charge on any atom is -0.497 e. The highest BCUT2D eigenvalue weighted by Crippen LogP contribution is 2.29. The summed E-state index contributed by atoms with van der Waals surface area (Å²) >= 11 is 0. The molecule has 0 fully saturated rings. The molecule has 0 aliphatic carbocycles. The number of amides is 1. The Labute approximate surface area is 163 Å². The number of carbonyl (C=O) groups excluding carboxylic acids is 1. The highest BCUT2D eigenvalue weighted by Gasteiger charge is 2.13. The van der Waals surface area contributed by atoms with Gasteiger partial charge in [0.25, 0.3) is 5.91 Å². The van der Waals surface area contributed by atoms with Crippen LogP contribution in [0.2, 0.25) is 0 Å². The average molecular weight is 378 g/mol. The number of ether oxygens (including phenoxy) is 2. The van der Waals surface area contributed by atoms with Crippen molar-refractivity contribution in [3.05, 3.63) is 71.5 Å². The van der Waals surface area contributed by atoms with Gasteiger partial charge in [0, 0.05) is 18.8 Å². The number of carbonyl (C=O) groups is 1. The Morgan fingerprint density at radius 3 is 2.68 bits per heavy atom. The summed E-state index contributed by atoms with van der Waals surface area (Å²) in [6.45, 7) is 2.61. The van der Waals surface area contributed by atoms with Gasteiger partial charge in [-0.15, -0.1) is 0 Å².